The molecular weight excluding hydrogens is 262 g/mol. The van der Waals surface area contributed by atoms with Crippen molar-refractivity contribution in [3.8, 4) is 5.75 Å². The molecule has 0 fully saturated rings. The van der Waals surface area contributed by atoms with Crippen LogP contribution in [0.1, 0.15) is 12.7 Å². The van der Waals surface area contributed by atoms with Crippen molar-refractivity contribution in [1.29, 1.82) is 0 Å². The number of nitrogens with one attached hydrogen (secondary N) is 1. The number of imidazole rings is 1. The molecule has 20 heavy (non-hydrogen) atoms. The highest BCUT2D eigenvalue weighted by Gasteiger charge is 2.13. The van der Waals surface area contributed by atoms with E-state index in [1.165, 1.54) is 0 Å². The third-order valence-corrected chi connectivity index (χ3v) is 2.79. The molecule has 0 saturated carbocycles. The van der Waals surface area contributed by atoms with Gasteiger partial charge in [0.2, 0.25) is 11.3 Å². The standard InChI is InChI=1S/C13H15N3O4/c1-9(6-16-3-2-14-8-16)13(19)15-5-10-4-11(17)12(18)7-20-10/h2-4,7-9,18H,5-6H2,1H3,(H,15,19). The normalized spacial score (nSPS) is 12.1. The summed E-state index contributed by atoms with van der Waals surface area (Å²) in [5.41, 5.74) is -0.535. The number of aromatic hydroxyl groups is 1. The molecule has 0 bridgehead atoms. The van der Waals surface area contributed by atoms with Gasteiger partial charge >= 0.3 is 0 Å². The number of carbonyl (C=O) groups excluding carboxylic acids is 1. The van der Waals surface area contributed by atoms with Crippen molar-refractivity contribution in [2.45, 2.75) is 20.0 Å². The zero-order valence-electron chi connectivity index (χ0n) is 10.9. The second-order valence-corrected chi connectivity index (χ2v) is 4.47. The van der Waals surface area contributed by atoms with Crippen molar-refractivity contribution in [1.82, 2.24) is 14.9 Å². The van der Waals surface area contributed by atoms with Crippen molar-refractivity contribution in [2.75, 3.05) is 0 Å². The van der Waals surface area contributed by atoms with E-state index in [0.29, 0.717) is 6.54 Å². The van der Waals surface area contributed by atoms with Crippen LogP contribution in [0.3, 0.4) is 0 Å². The smallest absolute Gasteiger partial charge is 0.226 e. The van der Waals surface area contributed by atoms with E-state index in [-0.39, 0.29) is 24.1 Å². The molecule has 2 aromatic heterocycles. The summed E-state index contributed by atoms with van der Waals surface area (Å²) in [6, 6.07) is 1.15. The minimum absolute atomic E-state index is 0.0998. The summed E-state index contributed by atoms with van der Waals surface area (Å²) in [6.07, 6.45) is 6.03. The van der Waals surface area contributed by atoms with Crippen LogP contribution in [0, 0.1) is 5.92 Å². The Labute approximate surface area is 114 Å². The van der Waals surface area contributed by atoms with Gasteiger partial charge in [-0.05, 0) is 0 Å². The molecule has 7 heteroatoms. The lowest BCUT2D eigenvalue weighted by Crippen LogP contribution is -2.31. The van der Waals surface area contributed by atoms with Gasteiger partial charge in [0.1, 0.15) is 12.0 Å². The molecule has 0 radical (unpaired) electrons. The van der Waals surface area contributed by atoms with Gasteiger partial charge in [-0.25, -0.2) is 4.98 Å². The Morgan fingerprint density at radius 3 is 3.05 bits per heavy atom. The zero-order valence-corrected chi connectivity index (χ0v) is 10.9. The van der Waals surface area contributed by atoms with E-state index in [0.717, 1.165) is 12.3 Å². The fraction of sp³-hybridized carbons (Fsp3) is 0.308. The maximum Gasteiger partial charge on any atom is 0.226 e. The highest BCUT2D eigenvalue weighted by Crippen LogP contribution is 2.04. The molecule has 2 aromatic rings. The quantitative estimate of drug-likeness (QED) is 0.829. The van der Waals surface area contributed by atoms with Crippen LogP contribution in [0.5, 0.6) is 5.75 Å². The van der Waals surface area contributed by atoms with Gasteiger partial charge in [0.05, 0.1) is 18.8 Å². The van der Waals surface area contributed by atoms with Crippen LogP contribution in [0.4, 0.5) is 0 Å². The second-order valence-electron chi connectivity index (χ2n) is 4.47. The minimum atomic E-state index is -0.535. The lowest BCUT2D eigenvalue weighted by molar-refractivity contribution is -0.125. The molecule has 0 spiro atoms. The molecule has 2 N–H and O–H groups in total. The number of rotatable bonds is 5. The second kappa shape index (κ2) is 6.05. The van der Waals surface area contributed by atoms with Crippen LogP contribution >= 0.6 is 0 Å². The molecule has 0 aliphatic rings. The average Bonchev–Trinajstić information content (AvgIpc) is 2.92. The van der Waals surface area contributed by atoms with Crippen LogP contribution in [0.2, 0.25) is 0 Å². The molecule has 0 aromatic carbocycles. The van der Waals surface area contributed by atoms with Gasteiger partial charge in [0.15, 0.2) is 5.75 Å². The van der Waals surface area contributed by atoms with Crippen LogP contribution in [0.15, 0.2) is 40.3 Å². The van der Waals surface area contributed by atoms with Crippen molar-refractivity contribution >= 4 is 5.91 Å². The van der Waals surface area contributed by atoms with E-state index >= 15 is 0 Å². The molecule has 7 nitrogen and oxygen atoms in total. The highest BCUT2D eigenvalue weighted by atomic mass is 16.4. The predicted molar refractivity (Wildman–Crippen MR) is 69.9 cm³/mol. The summed E-state index contributed by atoms with van der Waals surface area (Å²) < 4.78 is 6.81. The van der Waals surface area contributed by atoms with Crippen LogP contribution in [-0.4, -0.2) is 20.6 Å². The lowest BCUT2D eigenvalue weighted by atomic mass is 10.1. The third kappa shape index (κ3) is 3.47. The van der Waals surface area contributed by atoms with E-state index in [1.54, 1.807) is 25.6 Å². The Hall–Kier alpha value is -2.57. The number of hydrogen-bond donors (Lipinski definition) is 2. The topological polar surface area (TPSA) is 97.4 Å². The number of nitrogens with zero attached hydrogens (tertiary/aromatic N) is 2. The van der Waals surface area contributed by atoms with Gasteiger partial charge < -0.3 is 19.4 Å². The van der Waals surface area contributed by atoms with Crippen molar-refractivity contribution < 1.29 is 14.3 Å². The molecule has 1 unspecified atom stereocenters. The molecule has 1 amide bonds. The molecule has 0 saturated heterocycles. The molecule has 0 aliphatic carbocycles. The first-order valence-corrected chi connectivity index (χ1v) is 6.10. The minimum Gasteiger partial charge on any atom is -0.502 e. The maximum absolute atomic E-state index is 11.9. The Morgan fingerprint density at radius 1 is 1.60 bits per heavy atom. The van der Waals surface area contributed by atoms with E-state index in [4.69, 9.17) is 9.52 Å². The van der Waals surface area contributed by atoms with Crippen molar-refractivity contribution in [2.24, 2.45) is 5.92 Å². The molecular formula is C13H15N3O4. The van der Waals surface area contributed by atoms with Gasteiger partial charge in [-0.3, -0.25) is 9.59 Å². The van der Waals surface area contributed by atoms with Crippen LogP contribution in [-0.2, 0) is 17.9 Å². The monoisotopic (exact) mass is 277 g/mol. The molecule has 0 aliphatic heterocycles. The first-order valence-electron chi connectivity index (χ1n) is 6.10. The number of carbonyl (C=O) groups is 1. The predicted octanol–water partition coefficient (Wildman–Crippen LogP) is 0.494. The number of aromatic nitrogens is 2. The Balaban J connectivity index is 1.88. The number of hydrogen-bond acceptors (Lipinski definition) is 5. The Kier molecular flexibility index (Phi) is 4.19. The SMILES string of the molecule is CC(Cn1ccnc1)C(=O)NCc1cc(=O)c(O)co1. The van der Waals surface area contributed by atoms with E-state index in [9.17, 15) is 9.59 Å². The first kappa shape index (κ1) is 13.9. The van der Waals surface area contributed by atoms with Crippen LogP contribution < -0.4 is 10.7 Å². The summed E-state index contributed by atoms with van der Waals surface area (Å²) in [5, 5.41) is 11.7. The van der Waals surface area contributed by atoms with Crippen LogP contribution in [0.25, 0.3) is 0 Å². The largest absolute Gasteiger partial charge is 0.502 e. The van der Waals surface area contributed by atoms with Crippen molar-refractivity contribution in [3.63, 3.8) is 0 Å². The molecule has 106 valence electrons. The molecule has 2 rings (SSSR count). The lowest BCUT2D eigenvalue weighted by Gasteiger charge is -2.12. The third-order valence-electron chi connectivity index (χ3n) is 2.79. The summed E-state index contributed by atoms with van der Waals surface area (Å²) in [6.45, 7) is 2.41. The van der Waals surface area contributed by atoms with E-state index in [1.807, 2.05) is 4.57 Å². The van der Waals surface area contributed by atoms with Gasteiger partial charge in [-0.2, -0.15) is 0 Å². The van der Waals surface area contributed by atoms with Crippen molar-refractivity contribution in [3.05, 3.63) is 47.0 Å². The maximum atomic E-state index is 11.9. The van der Waals surface area contributed by atoms with Gasteiger partial charge in [-0.15, -0.1) is 0 Å². The Bertz CT molecular complexity index is 633. The number of amides is 1. The molecule has 1 atom stereocenters. The van der Waals surface area contributed by atoms with Gasteiger partial charge in [-0.1, -0.05) is 6.92 Å². The van der Waals surface area contributed by atoms with Gasteiger partial charge in [0.25, 0.3) is 0 Å². The first-order chi connectivity index (χ1) is 9.56. The average molecular weight is 277 g/mol. The fourth-order valence-corrected chi connectivity index (χ4v) is 1.68. The summed E-state index contributed by atoms with van der Waals surface area (Å²) in [5.74, 6) is -0.563. The van der Waals surface area contributed by atoms with Gasteiger partial charge in [0, 0.05) is 25.0 Å². The summed E-state index contributed by atoms with van der Waals surface area (Å²) >= 11 is 0. The highest BCUT2D eigenvalue weighted by molar-refractivity contribution is 5.78. The van der Waals surface area contributed by atoms with E-state index in [2.05, 4.69) is 10.3 Å². The Morgan fingerprint density at radius 2 is 2.40 bits per heavy atom. The zero-order chi connectivity index (χ0) is 14.5. The fourth-order valence-electron chi connectivity index (χ4n) is 1.68. The molecule has 2 heterocycles. The summed E-state index contributed by atoms with van der Waals surface area (Å²) in [4.78, 5) is 27.0. The summed E-state index contributed by atoms with van der Waals surface area (Å²) in [7, 11) is 0. The van der Waals surface area contributed by atoms with E-state index < -0.39 is 11.2 Å².